The molecule has 1 fully saturated rings. The molecule has 0 spiro atoms. The van der Waals surface area contributed by atoms with Crippen molar-refractivity contribution < 1.29 is 4.74 Å². The Morgan fingerprint density at radius 3 is 1.44 bits per heavy atom. The van der Waals surface area contributed by atoms with E-state index in [4.69, 9.17) is 4.74 Å². The lowest BCUT2D eigenvalue weighted by molar-refractivity contribution is -0.00410. The van der Waals surface area contributed by atoms with Crippen molar-refractivity contribution in [3.8, 4) is 0 Å². The van der Waals surface area contributed by atoms with E-state index in [0.29, 0.717) is 12.2 Å². The van der Waals surface area contributed by atoms with Crippen LogP contribution in [0.1, 0.15) is 84.5 Å². The standard InChI is InChI=1S/C15H30O/c1-14(2)16-15-12-10-8-6-4-3-5-7-9-11-13-15/h14-15H,3-13H2,1-2H3. The summed E-state index contributed by atoms with van der Waals surface area (Å²) >= 11 is 0. The molecule has 1 aliphatic rings. The summed E-state index contributed by atoms with van der Waals surface area (Å²) < 4.78 is 6.00. The Morgan fingerprint density at radius 2 is 1.06 bits per heavy atom. The molecule has 96 valence electrons. The van der Waals surface area contributed by atoms with Crippen LogP contribution in [0.5, 0.6) is 0 Å². The van der Waals surface area contributed by atoms with Crippen molar-refractivity contribution in [2.45, 2.75) is 96.7 Å². The van der Waals surface area contributed by atoms with Gasteiger partial charge < -0.3 is 4.74 Å². The maximum absolute atomic E-state index is 6.00. The van der Waals surface area contributed by atoms with Crippen LogP contribution in [0, 0.1) is 0 Å². The summed E-state index contributed by atoms with van der Waals surface area (Å²) in [7, 11) is 0. The number of hydrogen-bond donors (Lipinski definition) is 0. The Labute approximate surface area is 102 Å². The van der Waals surface area contributed by atoms with Crippen molar-refractivity contribution in [2.24, 2.45) is 0 Å². The number of hydrogen-bond acceptors (Lipinski definition) is 1. The van der Waals surface area contributed by atoms with E-state index in [2.05, 4.69) is 13.8 Å². The second-order valence-corrected chi connectivity index (χ2v) is 5.57. The molecule has 16 heavy (non-hydrogen) atoms. The highest BCUT2D eigenvalue weighted by molar-refractivity contribution is 4.62. The molecule has 0 N–H and O–H groups in total. The number of ether oxygens (including phenoxy) is 1. The van der Waals surface area contributed by atoms with Gasteiger partial charge in [0.15, 0.2) is 0 Å². The van der Waals surface area contributed by atoms with Crippen molar-refractivity contribution in [2.75, 3.05) is 0 Å². The maximum Gasteiger partial charge on any atom is 0.0578 e. The molecule has 0 heterocycles. The lowest BCUT2D eigenvalue weighted by Gasteiger charge is -2.21. The van der Waals surface area contributed by atoms with Gasteiger partial charge in [0, 0.05) is 0 Å². The van der Waals surface area contributed by atoms with Crippen LogP contribution in [0.4, 0.5) is 0 Å². The van der Waals surface area contributed by atoms with E-state index >= 15 is 0 Å². The molecule has 1 aliphatic carbocycles. The van der Waals surface area contributed by atoms with Crippen LogP contribution in [0.15, 0.2) is 0 Å². The average Bonchev–Trinajstić information content (AvgIpc) is 2.21. The quantitative estimate of drug-likeness (QED) is 0.637. The van der Waals surface area contributed by atoms with E-state index < -0.39 is 0 Å². The second kappa shape index (κ2) is 9.04. The van der Waals surface area contributed by atoms with Gasteiger partial charge in [-0.1, -0.05) is 57.8 Å². The molecule has 1 rings (SSSR count). The first-order chi connectivity index (χ1) is 7.79. The monoisotopic (exact) mass is 226 g/mol. The normalized spacial score (nSPS) is 22.7. The van der Waals surface area contributed by atoms with Crippen molar-refractivity contribution >= 4 is 0 Å². The first-order valence-corrected chi connectivity index (χ1v) is 7.44. The summed E-state index contributed by atoms with van der Waals surface area (Å²) in [6.45, 7) is 4.33. The van der Waals surface area contributed by atoms with Gasteiger partial charge in [0.05, 0.1) is 12.2 Å². The van der Waals surface area contributed by atoms with E-state index in [-0.39, 0.29) is 0 Å². The number of rotatable bonds is 2. The minimum Gasteiger partial charge on any atom is -0.376 e. The van der Waals surface area contributed by atoms with Gasteiger partial charge in [-0.25, -0.2) is 0 Å². The predicted molar refractivity (Wildman–Crippen MR) is 70.8 cm³/mol. The van der Waals surface area contributed by atoms with E-state index in [1.807, 2.05) is 0 Å². The molecular formula is C15H30O. The Kier molecular flexibility index (Phi) is 7.92. The third-order valence-corrected chi connectivity index (χ3v) is 3.52. The molecule has 0 atom stereocenters. The average molecular weight is 226 g/mol. The molecule has 0 saturated heterocycles. The highest BCUT2D eigenvalue weighted by atomic mass is 16.5. The van der Waals surface area contributed by atoms with Gasteiger partial charge in [0.2, 0.25) is 0 Å². The van der Waals surface area contributed by atoms with Crippen LogP contribution in [0.25, 0.3) is 0 Å². The van der Waals surface area contributed by atoms with Crippen LogP contribution in [-0.4, -0.2) is 12.2 Å². The molecule has 0 aromatic rings. The van der Waals surface area contributed by atoms with Crippen molar-refractivity contribution in [1.29, 1.82) is 0 Å². The molecule has 0 aromatic heterocycles. The summed E-state index contributed by atoms with van der Waals surface area (Å²) in [6, 6.07) is 0. The Morgan fingerprint density at radius 1 is 0.688 bits per heavy atom. The van der Waals surface area contributed by atoms with Crippen LogP contribution >= 0.6 is 0 Å². The molecular weight excluding hydrogens is 196 g/mol. The smallest absolute Gasteiger partial charge is 0.0578 e. The van der Waals surface area contributed by atoms with Crippen LogP contribution in [-0.2, 0) is 4.74 Å². The molecule has 0 radical (unpaired) electrons. The van der Waals surface area contributed by atoms with E-state index in [9.17, 15) is 0 Å². The van der Waals surface area contributed by atoms with Crippen LogP contribution < -0.4 is 0 Å². The van der Waals surface area contributed by atoms with Gasteiger partial charge in [0.25, 0.3) is 0 Å². The summed E-state index contributed by atoms with van der Waals surface area (Å²) in [4.78, 5) is 0. The summed E-state index contributed by atoms with van der Waals surface area (Å²) in [6.07, 6.45) is 16.3. The van der Waals surface area contributed by atoms with Crippen molar-refractivity contribution in [1.82, 2.24) is 0 Å². The first-order valence-electron chi connectivity index (χ1n) is 7.44. The molecule has 0 aliphatic heterocycles. The molecule has 0 aromatic carbocycles. The fourth-order valence-corrected chi connectivity index (χ4v) is 2.65. The van der Waals surface area contributed by atoms with E-state index in [1.165, 1.54) is 70.6 Å². The zero-order valence-corrected chi connectivity index (χ0v) is 11.3. The molecule has 1 nitrogen and oxygen atoms in total. The highest BCUT2D eigenvalue weighted by Crippen LogP contribution is 2.19. The molecule has 0 bridgehead atoms. The van der Waals surface area contributed by atoms with Crippen LogP contribution in [0.3, 0.4) is 0 Å². The largest absolute Gasteiger partial charge is 0.376 e. The minimum absolute atomic E-state index is 0.401. The van der Waals surface area contributed by atoms with Gasteiger partial charge in [0.1, 0.15) is 0 Å². The van der Waals surface area contributed by atoms with E-state index in [1.54, 1.807) is 0 Å². The van der Waals surface area contributed by atoms with E-state index in [0.717, 1.165) is 0 Å². The Hall–Kier alpha value is -0.0400. The highest BCUT2D eigenvalue weighted by Gasteiger charge is 2.11. The molecule has 1 saturated carbocycles. The molecule has 0 amide bonds. The zero-order valence-electron chi connectivity index (χ0n) is 11.3. The lowest BCUT2D eigenvalue weighted by Crippen LogP contribution is -2.18. The lowest BCUT2D eigenvalue weighted by atomic mass is 9.99. The Bertz CT molecular complexity index is 142. The van der Waals surface area contributed by atoms with Gasteiger partial charge in [-0.2, -0.15) is 0 Å². The predicted octanol–water partition coefficient (Wildman–Crippen LogP) is 5.08. The maximum atomic E-state index is 6.00. The SMILES string of the molecule is CC(C)OC1CCCCCCCCCCC1. The van der Waals surface area contributed by atoms with Gasteiger partial charge in [-0.15, -0.1) is 0 Å². The Balaban J connectivity index is 2.24. The first kappa shape index (κ1) is 14.0. The molecule has 0 unspecified atom stereocenters. The fraction of sp³-hybridized carbons (Fsp3) is 1.00. The van der Waals surface area contributed by atoms with Crippen molar-refractivity contribution in [3.63, 3.8) is 0 Å². The van der Waals surface area contributed by atoms with Crippen LogP contribution in [0.2, 0.25) is 0 Å². The summed E-state index contributed by atoms with van der Waals surface area (Å²) in [5.74, 6) is 0. The third kappa shape index (κ3) is 7.27. The minimum atomic E-state index is 0.401. The van der Waals surface area contributed by atoms with Gasteiger partial charge >= 0.3 is 0 Å². The van der Waals surface area contributed by atoms with Crippen molar-refractivity contribution in [3.05, 3.63) is 0 Å². The summed E-state index contributed by atoms with van der Waals surface area (Å²) in [5.41, 5.74) is 0. The topological polar surface area (TPSA) is 9.23 Å². The fourth-order valence-electron chi connectivity index (χ4n) is 2.65. The molecule has 1 heteroatoms. The second-order valence-electron chi connectivity index (χ2n) is 5.57. The van der Waals surface area contributed by atoms with Gasteiger partial charge in [-0.05, 0) is 26.7 Å². The third-order valence-electron chi connectivity index (χ3n) is 3.52. The summed E-state index contributed by atoms with van der Waals surface area (Å²) in [5, 5.41) is 0. The zero-order chi connectivity index (χ0) is 11.6. The van der Waals surface area contributed by atoms with Gasteiger partial charge in [-0.3, -0.25) is 0 Å².